The summed E-state index contributed by atoms with van der Waals surface area (Å²) >= 11 is 0. The van der Waals surface area contributed by atoms with Crippen molar-refractivity contribution >= 4 is 10.9 Å². The van der Waals surface area contributed by atoms with E-state index in [1.807, 2.05) is 24.1 Å². The number of aliphatic hydroxyl groups is 2. The maximum absolute atomic E-state index is 9.17. The number of fused-ring (bicyclic) bond motifs is 1. The summed E-state index contributed by atoms with van der Waals surface area (Å²) in [5, 5.41) is 19.6. The van der Waals surface area contributed by atoms with E-state index in [1.165, 1.54) is 22.2 Å². The van der Waals surface area contributed by atoms with Crippen molar-refractivity contribution in [2.24, 2.45) is 0 Å². The zero-order valence-electron chi connectivity index (χ0n) is 11.6. The van der Waals surface area contributed by atoms with Gasteiger partial charge in [-0.05, 0) is 32.0 Å². The number of aryl methyl sites for hydroxylation is 1. The third kappa shape index (κ3) is 2.97. The molecular formula is C15H22N2O2. The van der Waals surface area contributed by atoms with Crippen LogP contribution in [0.3, 0.4) is 0 Å². The zero-order valence-corrected chi connectivity index (χ0v) is 11.6. The van der Waals surface area contributed by atoms with Crippen LogP contribution in [0.5, 0.6) is 0 Å². The van der Waals surface area contributed by atoms with Gasteiger partial charge in [0.05, 0.1) is 19.3 Å². The number of aliphatic hydroxyl groups excluding tert-OH is 2. The van der Waals surface area contributed by atoms with Gasteiger partial charge in [0, 0.05) is 23.1 Å². The van der Waals surface area contributed by atoms with E-state index in [1.54, 1.807) is 0 Å². The number of aromatic amines is 1. The lowest BCUT2D eigenvalue weighted by Crippen LogP contribution is -2.38. The summed E-state index contributed by atoms with van der Waals surface area (Å²) in [5.74, 6) is 0. The minimum Gasteiger partial charge on any atom is -0.395 e. The molecular weight excluding hydrogens is 240 g/mol. The molecule has 1 aromatic heterocycles. The van der Waals surface area contributed by atoms with Gasteiger partial charge in [-0.25, -0.2) is 0 Å². The lowest BCUT2D eigenvalue weighted by atomic mass is 10.1. The smallest absolute Gasteiger partial charge is 0.0609 e. The molecule has 0 aliphatic rings. The number of nitrogens with zero attached hydrogens (tertiary/aromatic N) is 1. The first-order valence-corrected chi connectivity index (χ1v) is 6.65. The summed E-state index contributed by atoms with van der Waals surface area (Å²) < 4.78 is 0. The van der Waals surface area contributed by atoms with E-state index in [4.69, 9.17) is 0 Å². The molecule has 3 N–H and O–H groups in total. The molecule has 2 rings (SSSR count). The minimum absolute atomic E-state index is 0.0140. The molecule has 0 aliphatic carbocycles. The number of likely N-dealkylation sites (N-methyl/N-ethyl adjacent to an activating group) is 1. The van der Waals surface area contributed by atoms with E-state index in [9.17, 15) is 10.2 Å². The summed E-state index contributed by atoms with van der Waals surface area (Å²) in [4.78, 5) is 5.39. The van der Waals surface area contributed by atoms with Crippen LogP contribution in [-0.2, 0) is 6.42 Å². The highest BCUT2D eigenvalue weighted by Crippen LogP contribution is 2.22. The molecule has 2 aromatic rings. The molecule has 0 bridgehead atoms. The first kappa shape index (κ1) is 14.1. The molecule has 0 saturated carbocycles. The second-order valence-corrected chi connectivity index (χ2v) is 5.02. The van der Waals surface area contributed by atoms with Crippen molar-refractivity contribution < 1.29 is 10.2 Å². The first-order valence-electron chi connectivity index (χ1n) is 6.65. The second kappa shape index (κ2) is 6.19. The predicted octanol–water partition coefficient (Wildman–Crippen LogP) is 1.30. The van der Waals surface area contributed by atoms with E-state index in [-0.39, 0.29) is 19.3 Å². The van der Waals surface area contributed by atoms with Crippen LogP contribution in [0.15, 0.2) is 24.3 Å². The van der Waals surface area contributed by atoms with Gasteiger partial charge in [-0.15, -0.1) is 0 Å². The highest BCUT2D eigenvalue weighted by atomic mass is 16.3. The molecule has 4 nitrogen and oxygen atoms in total. The van der Waals surface area contributed by atoms with Gasteiger partial charge in [0.2, 0.25) is 0 Å². The van der Waals surface area contributed by atoms with E-state index < -0.39 is 0 Å². The molecule has 0 radical (unpaired) electrons. The number of rotatable bonds is 6. The van der Waals surface area contributed by atoms with Crippen LogP contribution in [0.2, 0.25) is 0 Å². The Morgan fingerprint density at radius 1 is 1.21 bits per heavy atom. The number of nitrogens with one attached hydrogen (secondary N) is 1. The number of H-pyrrole nitrogens is 1. The van der Waals surface area contributed by atoms with Gasteiger partial charge in [0.15, 0.2) is 0 Å². The fourth-order valence-electron chi connectivity index (χ4n) is 2.46. The van der Waals surface area contributed by atoms with Gasteiger partial charge in [-0.1, -0.05) is 18.2 Å². The fraction of sp³-hybridized carbons (Fsp3) is 0.467. The Balaban J connectivity index is 2.11. The Bertz CT molecular complexity index is 532. The third-order valence-corrected chi connectivity index (χ3v) is 3.79. The van der Waals surface area contributed by atoms with E-state index >= 15 is 0 Å². The average molecular weight is 262 g/mol. The van der Waals surface area contributed by atoms with Crippen LogP contribution in [0.25, 0.3) is 10.9 Å². The van der Waals surface area contributed by atoms with Crippen molar-refractivity contribution in [1.29, 1.82) is 0 Å². The minimum atomic E-state index is -0.175. The molecule has 0 spiro atoms. The van der Waals surface area contributed by atoms with E-state index in [0.29, 0.717) is 0 Å². The van der Waals surface area contributed by atoms with Crippen LogP contribution in [0.4, 0.5) is 0 Å². The zero-order chi connectivity index (χ0) is 13.8. The number of benzene rings is 1. The Kier molecular flexibility index (Phi) is 4.58. The largest absolute Gasteiger partial charge is 0.395 e. The topological polar surface area (TPSA) is 59.5 Å². The number of hydrogen-bond donors (Lipinski definition) is 3. The van der Waals surface area contributed by atoms with Crippen LogP contribution in [0.1, 0.15) is 11.3 Å². The highest BCUT2D eigenvalue weighted by molar-refractivity contribution is 5.84. The molecule has 0 atom stereocenters. The summed E-state index contributed by atoms with van der Waals surface area (Å²) in [6.07, 6.45) is 0.906. The third-order valence-electron chi connectivity index (χ3n) is 3.79. The van der Waals surface area contributed by atoms with E-state index in [0.717, 1.165) is 13.0 Å². The van der Waals surface area contributed by atoms with Crippen molar-refractivity contribution in [2.75, 3.05) is 26.8 Å². The normalized spacial score (nSPS) is 11.9. The number of aromatic nitrogens is 1. The molecule has 1 heterocycles. The van der Waals surface area contributed by atoms with E-state index in [2.05, 4.69) is 24.0 Å². The SMILES string of the molecule is Cc1[nH]c2ccccc2c1CCN(C)C(CO)CO. The summed E-state index contributed by atoms with van der Waals surface area (Å²) in [6, 6.07) is 8.11. The van der Waals surface area contributed by atoms with Crippen molar-refractivity contribution in [1.82, 2.24) is 9.88 Å². The van der Waals surface area contributed by atoms with Gasteiger partial charge < -0.3 is 15.2 Å². The molecule has 0 saturated heterocycles. The van der Waals surface area contributed by atoms with Crippen molar-refractivity contribution in [3.63, 3.8) is 0 Å². The van der Waals surface area contributed by atoms with Gasteiger partial charge in [-0.3, -0.25) is 4.90 Å². The van der Waals surface area contributed by atoms with Gasteiger partial charge in [0.1, 0.15) is 0 Å². The molecule has 0 fully saturated rings. The number of hydrogen-bond acceptors (Lipinski definition) is 3. The summed E-state index contributed by atoms with van der Waals surface area (Å²) in [5.41, 5.74) is 3.68. The maximum Gasteiger partial charge on any atom is 0.0609 e. The molecule has 0 amide bonds. The molecule has 0 unspecified atom stereocenters. The second-order valence-electron chi connectivity index (χ2n) is 5.02. The van der Waals surface area contributed by atoms with Gasteiger partial charge in [-0.2, -0.15) is 0 Å². The Labute approximate surface area is 113 Å². The maximum atomic E-state index is 9.17. The number of para-hydroxylation sites is 1. The first-order chi connectivity index (χ1) is 9.17. The fourth-order valence-corrected chi connectivity index (χ4v) is 2.46. The molecule has 19 heavy (non-hydrogen) atoms. The Hall–Kier alpha value is -1.36. The predicted molar refractivity (Wildman–Crippen MR) is 77.3 cm³/mol. The quantitative estimate of drug-likeness (QED) is 0.735. The van der Waals surface area contributed by atoms with Crippen molar-refractivity contribution in [3.05, 3.63) is 35.5 Å². The van der Waals surface area contributed by atoms with Crippen LogP contribution in [-0.4, -0.2) is 52.9 Å². The lowest BCUT2D eigenvalue weighted by Gasteiger charge is -2.24. The standard InChI is InChI=1S/C15H22N2O2/c1-11-13(7-8-17(2)12(9-18)10-19)14-5-3-4-6-15(14)16-11/h3-6,12,16,18-19H,7-10H2,1-2H3. The van der Waals surface area contributed by atoms with Gasteiger partial charge >= 0.3 is 0 Å². The van der Waals surface area contributed by atoms with Crippen molar-refractivity contribution in [3.8, 4) is 0 Å². The molecule has 4 heteroatoms. The molecule has 0 aliphatic heterocycles. The lowest BCUT2D eigenvalue weighted by molar-refractivity contribution is 0.0925. The summed E-state index contributed by atoms with van der Waals surface area (Å²) in [6.45, 7) is 2.87. The average Bonchev–Trinajstić information content (AvgIpc) is 2.73. The monoisotopic (exact) mass is 262 g/mol. The van der Waals surface area contributed by atoms with Gasteiger partial charge in [0.25, 0.3) is 0 Å². The van der Waals surface area contributed by atoms with Crippen LogP contribution < -0.4 is 0 Å². The van der Waals surface area contributed by atoms with Crippen LogP contribution >= 0.6 is 0 Å². The Morgan fingerprint density at radius 2 is 1.89 bits per heavy atom. The molecule has 104 valence electrons. The van der Waals surface area contributed by atoms with Crippen LogP contribution in [0, 0.1) is 6.92 Å². The summed E-state index contributed by atoms with van der Waals surface area (Å²) in [7, 11) is 1.93. The van der Waals surface area contributed by atoms with Crippen molar-refractivity contribution in [2.45, 2.75) is 19.4 Å². The highest BCUT2D eigenvalue weighted by Gasteiger charge is 2.14. The Morgan fingerprint density at radius 3 is 2.58 bits per heavy atom. The molecule has 1 aromatic carbocycles.